The Bertz CT molecular complexity index is 1180. The second-order valence-corrected chi connectivity index (χ2v) is 8.01. The van der Waals surface area contributed by atoms with Gasteiger partial charge in [-0.15, -0.1) is 0 Å². The average molecular weight is 412 g/mol. The number of rotatable bonds is 4. The highest BCUT2D eigenvalue weighted by atomic mass is 16.3. The van der Waals surface area contributed by atoms with E-state index in [1.54, 1.807) is 12.4 Å². The minimum absolute atomic E-state index is 0.122. The third-order valence-electron chi connectivity index (χ3n) is 5.68. The molecule has 31 heavy (non-hydrogen) atoms. The fourth-order valence-corrected chi connectivity index (χ4v) is 3.96. The van der Waals surface area contributed by atoms with Crippen LogP contribution in [0.5, 0.6) is 0 Å². The molecule has 5 nitrogen and oxygen atoms in total. The number of Topliss-reactive ketones (excluding diaryl/α,β-unsaturated/α-hetero) is 1. The lowest BCUT2D eigenvalue weighted by atomic mass is 9.93. The zero-order chi connectivity index (χ0) is 22.1. The smallest absolute Gasteiger partial charge is 0.295 e. The monoisotopic (exact) mass is 412 g/mol. The number of likely N-dealkylation sites (tertiary alicyclic amines) is 1. The van der Waals surface area contributed by atoms with Gasteiger partial charge in [-0.25, -0.2) is 0 Å². The zero-order valence-electron chi connectivity index (χ0n) is 17.8. The fraction of sp³-hybridized carbons (Fsp3) is 0.192. The van der Waals surface area contributed by atoms with Gasteiger partial charge in [0.05, 0.1) is 11.6 Å². The minimum Gasteiger partial charge on any atom is -0.507 e. The van der Waals surface area contributed by atoms with Gasteiger partial charge in [0.15, 0.2) is 0 Å². The van der Waals surface area contributed by atoms with Crippen LogP contribution in [0.3, 0.4) is 0 Å². The van der Waals surface area contributed by atoms with Gasteiger partial charge < -0.3 is 10.0 Å². The molecule has 0 aliphatic carbocycles. The standard InChI is InChI=1S/C26H24N2O3/c1-16-5-8-20(9-6-16)23-22(24(29)21-14-17(2)4-7-18(21)3)25(30)26(31)28(23)15-19-10-12-27-13-11-19/h4-14,23,29H,15H2,1-3H3. The van der Waals surface area contributed by atoms with Crippen LogP contribution in [0.4, 0.5) is 0 Å². The minimum atomic E-state index is -0.673. The number of aliphatic hydroxyl groups is 1. The Morgan fingerprint density at radius 1 is 0.935 bits per heavy atom. The van der Waals surface area contributed by atoms with E-state index in [0.29, 0.717) is 5.56 Å². The molecule has 1 aliphatic heterocycles. The van der Waals surface area contributed by atoms with Gasteiger partial charge >= 0.3 is 0 Å². The molecular weight excluding hydrogens is 388 g/mol. The van der Waals surface area contributed by atoms with Crippen molar-refractivity contribution in [2.75, 3.05) is 0 Å². The summed E-state index contributed by atoms with van der Waals surface area (Å²) in [4.78, 5) is 31.8. The Labute approximate surface area is 181 Å². The third kappa shape index (κ3) is 3.87. The van der Waals surface area contributed by atoms with Crippen LogP contribution < -0.4 is 0 Å². The van der Waals surface area contributed by atoms with Crippen LogP contribution in [-0.4, -0.2) is 26.7 Å². The van der Waals surface area contributed by atoms with Crippen molar-refractivity contribution in [1.29, 1.82) is 0 Å². The summed E-state index contributed by atoms with van der Waals surface area (Å²) in [6.45, 7) is 6.03. The van der Waals surface area contributed by atoms with Gasteiger partial charge in [-0.1, -0.05) is 47.5 Å². The summed E-state index contributed by atoms with van der Waals surface area (Å²) >= 11 is 0. The highest BCUT2D eigenvalue weighted by Crippen LogP contribution is 2.40. The topological polar surface area (TPSA) is 70.5 Å². The molecule has 3 aromatic rings. The van der Waals surface area contributed by atoms with Crippen molar-refractivity contribution in [2.24, 2.45) is 0 Å². The molecule has 1 aromatic heterocycles. The number of amides is 1. The second-order valence-electron chi connectivity index (χ2n) is 8.01. The molecule has 0 saturated carbocycles. The second kappa shape index (κ2) is 8.19. The number of aliphatic hydroxyl groups excluding tert-OH is 1. The third-order valence-corrected chi connectivity index (χ3v) is 5.68. The molecule has 1 unspecified atom stereocenters. The number of aromatic nitrogens is 1. The lowest BCUT2D eigenvalue weighted by molar-refractivity contribution is -0.140. The van der Waals surface area contributed by atoms with E-state index >= 15 is 0 Å². The molecule has 1 N–H and O–H groups in total. The van der Waals surface area contributed by atoms with E-state index in [1.165, 1.54) is 4.90 Å². The molecule has 156 valence electrons. The number of aryl methyl sites for hydroxylation is 3. The number of hydrogen-bond acceptors (Lipinski definition) is 4. The largest absolute Gasteiger partial charge is 0.507 e. The summed E-state index contributed by atoms with van der Waals surface area (Å²) in [6.07, 6.45) is 3.31. The number of nitrogens with zero attached hydrogens (tertiary/aromatic N) is 2. The molecule has 1 saturated heterocycles. The fourth-order valence-electron chi connectivity index (χ4n) is 3.96. The van der Waals surface area contributed by atoms with Crippen molar-refractivity contribution in [3.63, 3.8) is 0 Å². The molecule has 2 heterocycles. The Morgan fingerprint density at radius 3 is 2.26 bits per heavy atom. The van der Waals surface area contributed by atoms with E-state index in [2.05, 4.69) is 4.98 Å². The first-order chi connectivity index (χ1) is 14.9. The average Bonchev–Trinajstić information content (AvgIpc) is 3.01. The van der Waals surface area contributed by atoms with Crippen molar-refractivity contribution in [3.05, 3.63) is 106 Å². The summed E-state index contributed by atoms with van der Waals surface area (Å²) in [5.74, 6) is -1.42. The van der Waals surface area contributed by atoms with Crippen LogP contribution in [0.25, 0.3) is 5.76 Å². The van der Waals surface area contributed by atoms with Gasteiger partial charge in [-0.2, -0.15) is 0 Å². The van der Waals surface area contributed by atoms with Crippen LogP contribution in [0.2, 0.25) is 0 Å². The maximum absolute atomic E-state index is 13.1. The maximum atomic E-state index is 13.1. The molecule has 2 aromatic carbocycles. The van der Waals surface area contributed by atoms with Gasteiger partial charge in [0, 0.05) is 24.5 Å². The Morgan fingerprint density at radius 2 is 1.58 bits per heavy atom. The number of hydrogen-bond donors (Lipinski definition) is 1. The molecule has 4 rings (SSSR count). The Balaban J connectivity index is 1.90. The van der Waals surface area contributed by atoms with E-state index in [9.17, 15) is 14.7 Å². The van der Waals surface area contributed by atoms with Crippen molar-refractivity contribution in [2.45, 2.75) is 33.4 Å². The molecule has 1 amide bonds. The highest BCUT2D eigenvalue weighted by molar-refractivity contribution is 6.46. The van der Waals surface area contributed by atoms with Gasteiger partial charge in [-0.3, -0.25) is 14.6 Å². The highest BCUT2D eigenvalue weighted by Gasteiger charge is 2.46. The van der Waals surface area contributed by atoms with Crippen molar-refractivity contribution < 1.29 is 14.7 Å². The molecule has 5 heteroatoms. The Kier molecular flexibility index (Phi) is 5.42. The summed E-state index contributed by atoms with van der Waals surface area (Å²) in [5.41, 5.74) is 5.21. The van der Waals surface area contributed by atoms with E-state index in [4.69, 9.17) is 0 Å². The van der Waals surface area contributed by atoms with Crippen molar-refractivity contribution in [1.82, 2.24) is 9.88 Å². The van der Waals surface area contributed by atoms with E-state index in [-0.39, 0.29) is 17.9 Å². The van der Waals surface area contributed by atoms with Crippen LogP contribution in [0.15, 0.2) is 72.6 Å². The van der Waals surface area contributed by atoms with Gasteiger partial charge in [-0.05, 0) is 55.7 Å². The quantitative estimate of drug-likeness (QED) is 0.385. The van der Waals surface area contributed by atoms with Crippen LogP contribution >= 0.6 is 0 Å². The normalized spacial score (nSPS) is 17.9. The molecule has 1 aliphatic rings. The summed E-state index contributed by atoms with van der Waals surface area (Å²) < 4.78 is 0. The molecule has 0 bridgehead atoms. The first kappa shape index (κ1) is 20.5. The molecule has 0 spiro atoms. The molecule has 0 radical (unpaired) electrons. The lowest BCUT2D eigenvalue weighted by Crippen LogP contribution is -2.29. The number of carbonyl (C=O) groups is 2. The van der Waals surface area contributed by atoms with Crippen LogP contribution in [0.1, 0.15) is 39.4 Å². The Hall–Kier alpha value is -3.73. The number of ketones is 1. The van der Waals surface area contributed by atoms with Crippen molar-refractivity contribution >= 4 is 17.4 Å². The van der Waals surface area contributed by atoms with Crippen LogP contribution in [0, 0.1) is 20.8 Å². The van der Waals surface area contributed by atoms with Crippen molar-refractivity contribution in [3.8, 4) is 0 Å². The number of pyridine rings is 1. The lowest BCUT2D eigenvalue weighted by Gasteiger charge is -2.25. The first-order valence-corrected chi connectivity index (χ1v) is 10.2. The van der Waals surface area contributed by atoms with E-state index < -0.39 is 17.7 Å². The van der Waals surface area contributed by atoms with Gasteiger partial charge in [0.2, 0.25) is 0 Å². The molecular formula is C26H24N2O3. The predicted molar refractivity (Wildman–Crippen MR) is 119 cm³/mol. The maximum Gasteiger partial charge on any atom is 0.295 e. The zero-order valence-corrected chi connectivity index (χ0v) is 17.8. The predicted octanol–water partition coefficient (Wildman–Crippen LogP) is 4.63. The molecule has 1 atom stereocenters. The first-order valence-electron chi connectivity index (χ1n) is 10.2. The summed E-state index contributed by atoms with van der Waals surface area (Å²) in [6, 6.07) is 16.3. The van der Waals surface area contributed by atoms with Gasteiger partial charge in [0.1, 0.15) is 5.76 Å². The van der Waals surface area contributed by atoms with Crippen LogP contribution in [-0.2, 0) is 16.1 Å². The SMILES string of the molecule is Cc1ccc(C2C(=C(O)c3cc(C)ccc3C)C(=O)C(=O)N2Cc2ccncc2)cc1. The van der Waals surface area contributed by atoms with E-state index in [0.717, 1.165) is 27.8 Å². The summed E-state index contributed by atoms with van der Waals surface area (Å²) in [7, 11) is 0. The van der Waals surface area contributed by atoms with Gasteiger partial charge in [0.25, 0.3) is 11.7 Å². The molecule has 1 fully saturated rings. The summed E-state index contributed by atoms with van der Waals surface area (Å²) in [5, 5.41) is 11.3. The van der Waals surface area contributed by atoms with E-state index in [1.807, 2.05) is 75.4 Å². The number of carbonyl (C=O) groups excluding carboxylic acids is 2. The number of benzene rings is 2.